The van der Waals surface area contributed by atoms with Crippen molar-refractivity contribution in [1.82, 2.24) is 34.3 Å². The largest absolute Gasteiger partial charge is 0.311 e. The third-order valence-corrected chi connectivity index (χ3v) is 3.50. The van der Waals surface area contributed by atoms with Gasteiger partial charge in [0.05, 0.1) is 18.4 Å². The zero-order chi connectivity index (χ0) is 14.1. The molecule has 3 aromatic heterocycles. The number of fused-ring (bicyclic) bond motifs is 1. The molecule has 0 atom stereocenters. The Bertz CT molecular complexity index is 710. The molecule has 0 aliphatic carbocycles. The van der Waals surface area contributed by atoms with E-state index < -0.39 is 0 Å². The molecule has 3 heterocycles. The van der Waals surface area contributed by atoms with Crippen molar-refractivity contribution in [3.05, 3.63) is 23.9 Å². The molecule has 0 amide bonds. The van der Waals surface area contributed by atoms with E-state index in [0.29, 0.717) is 5.88 Å². The van der Waals surface area contributed by atoms with E-state index in [-0.39, 0.29) is 0 Å². The Balaban J connectivity index is 1.99. The predicted octanol–water partition coefficient (Wildman–Crippen LogP) is 1.15. The molecule has 7 nitrogen and oxygen atoms in total. The Labute approximate surface area is 121 Å². The lowest BCUT2D eigenvalue weighted by molar-refractivity contribution is 0.510. The fraction of sp³-hybridized carbons (Fsp3) is 0.500. The maximum atomic E-state index is 5.88. The number of aryl methyl sites for hydroxylation is 5. The van der Waals surface area contributed by atoms with Gasteiger partial charge in [0.2, 0.25) is 0 Å². The minimum Gasteiger partial charge on any atom is -0.311 e. The van der Waals surface area contributed by atoms with Crippen molar-refractivity contribution in [2.45, 2.75) is 26.4 Å². The number of halogens is 1. The van der Waals surface area contributed by atoms with Crippen LogP contribution in [0.1, 0.15) is 11.5 Å². The fourth-order valence-corrected chi connectivity index (χ4v) is 2.61. The number of hydrogen-bond donors (Lipinski definition) is 0. The van der Waals surface area contributed by atoms with Crippen molar-refractivity contribution in [3.63, 3.8) is 0 Å². The second-order valence-corrected chi connectivity index (χ2v) is 5.04. The van der Waals surface area contributed by atoms with Crippen molar-refractivity contribution < 1.29 is 0 Å². The Morgan fingerprint density at radius 2 is 2.15 bits per heavy atom. The van der Waals surface area contributed by atoms with E-state index in [0.717, 1.165) is 42.2 Å². The number of rotatable bonds is 5. The van der Waals surface area contributed by atoms with E-state index in [1.165, 1.54) is 0 Å². The molecule has 0 spiro atoms. The van der Waals surface area contributed by atoms with Gasteiger partial charge in [-0.15, -0.1) is 16.7 Å². The van der Waals surface area contributed by atoms with Crippen LogP contribution in [0.4, 0.5) is 0 Å². The summed E-state index contributed by atoms with van der Waals surface area (Å²) in [4.78, 5) is 4.67. The highest BCUT2D eigenvalue weighted by atomic mass is 35.5. The fourth-order valence-electron chi connectivity index (χ4n) is 2.44. The molecule has 3 aromatic rings. The highest BCUT2D eigenvalue weighted by Crippen LogP contribution is 2.19. The number of hydrogen-bond acceptors (Lipinski definition) is 4. The summed E-state index contributed by atoms with van der Waals surface area (Å²) in [5.41, 5.74) is 2.92. The van der Waals surface area contributed by atoms with Gasteiger partial charge < -0.3 is 4.57 Å². The maximum Gasteiger partial charge on any atom is 0.158 e. The van der Waals surface area contributed by atoms with Gasteiger partial charge in [0.1, 0.15) is 11.3 Å². The van der Waals surface area contributed by atoms with Gasteiger partial charge in [-0.05, 0) is 6.92 Å². The van der Waals surface area contributed by atoms with Gasteiger partial charge in [0.15, 0.2) is 5.65 Å². The second kappa shape index (κ2) is 5.24. The SMILES string of the molecule is Cc1nn(C)c2c1nc(CCCl)n2CCn1ccnn1. The average Bonchev–Trinajstić information content (AvgIpc) is 3.08. The number of imidazole rings is 1. The molecule has 3 rings (SSSR count). The first-order chi connectivity index (χ1) is 9.70. The molecule has 0 aromatic carbocycles. The molecule has 0 radical (unpaired) electrons. The van der Waals surface area contributed by atoms with Crippen LogP contribution in [-0.4, -0.2) is 40.2 Å². The minimum atomic E-state index is 0.555. The molecule has 106 valence electrons. The molecule has 0 aliphatic heterocycles. The number of aromatic nitrogens is 7. The van der Waals surface area contributed by atoms with Crippen LogP contribution in [0.2, 0.25) is 0 Å². The van der Waals surface area contributed by atoms with E-state index in [9.17, 15) is 0 Å². The third-order valence-electron chi connectivity index (χ3n) is 3.31. The van der Waals surface area contributed by atoms with Gasteiger partial charge in [-0.3, -0.25) is 9.36 Å². The first-order valence-corrected chi connectivity index (χ1v) is 7.03. The van der Waals surface area contributed by atoms with Gasteiger partial charge in [-0.1, -0.05) is 5.21 Å². The zero-order valence-electron chi connectivity index (χ0n) is 11.5. The summed E-state index contributed by atoms with van der Waals surface area (Å²) in [5.74, 6) is 1.55. The Hall–Kier alpha value is -1.89. The summed E-state index contributed by atoms with van der Waals surface area (Å²) in [7, 11) is 1.94. The van der Waals surface area contributed by atoms with Crippen molar-refractivity contribution in [2.24, 2.45) is 7.05 Å². The monoisotopic (exact) mass is 293 g/mol. The predicted molar refractivity (Wildman–Crippen MR) is 75.7 cm³/mol. The van der Waals surface area contributed by atoms with Gasteiger partial charge in [0, 0.05) is 32.1 Å². The first kappa shape index (κ1) is 13.1. The highest BCUT2D eigenvalue weighted by Gasteiger charge is 2.16. The molecule has 0 bridgehead atoms. The Kier molecular flexibility index (Phi) is 3.43. The van der Waals surface area contributed by atoms with Gasteiger partial charge >= 0.3 is 0 Å². The summed E-state index contributed by atoms with van der Waals surface area (Å²) < 4.78 is 5.84. The summed E-state index contributed by atoms with van der Waals surface area (Å²) >= 11 is 5.88. The molecular weight excluding hydrogens is 278 g/mol. The van der Waals surface area contributed by atoms with Crippen LogP contribution >= 0.6 is 11.6 Å². The summed E-state index contributed by atoms with van der Waals surface area (Å²) in [6.45, 7) is 3.48. The zero-order valence-corrected chi connectivity index (χ0v) is 12.2. The molecule has 0 saturated carbocycles. The minimum absolute atomic E-state index is 0.555. The van der Waals surface area contributed by atoms with Crippen LogP contribution < -0.4 is 0 Å². The van der Waals surface area contributed by atoms with Gasteiger partial charge in [0.25, 0.3) is 0 Å². The smallest absolute Gasteiger partial charge is 0.158 e. The van der Waals surface area contributed by atoms with Crippen LogP contribution in [0, 0.1) is 6.92 Å². The molecule has 0 N–H and O–H groups in total. The van der Waals surface area contributed by atoms with E-state index in [1.807, 2.05) is 24.9 Å². The van der Waals surface area contributed by atoms with Crippen molar-refractivity contribution in [3.8, 4) is 0 Å². The Morgan fingerprint density at radius 3 is 2.85 bits per heavy atom. The van der Waals surface area contributed by atoms with E-state index in [1.54, 1.807) is 10.9 Å². The van der Waals surface area contributed by atoms with E-state index in [4.69, 9.17) is 11.6 Å². The molecule has 0 aliphatic rings. The second-order valence-electron chi connectivity index (χ2n) is 4.67. The average molecular weight is 294 g/mol. The highest BCUT2D eigenvalue weighted by molar-refractivity contribution is 6.17. The quantitative estimate of drug-likeness (QED) is 0.662. The number of nitrogens with zero attached hydrogens (tertiary/aromatic N) is 7. The number of alkyl halides is 1. The van der Waals surface area contributed by atoms with Crippen LogP contribution in [0.5, 0.6) is 0 Å². The lowest BCUT2D eigenvalue weighted by Gasteiger charge is -2.08. The van der Waals surface area contributed by atoms with Gasteiger partial charge in [-0.25, -0.2) is 4.98 Å². The molecule has 20 heavy (non-hydrogen) atoms. The maximum absolute atomic E-state index is 5.88. The topological polar surface area (TPSA) is 66.3 Å². The van der Waals surface area contributed by atoms with Crippen molar-refractivity contribution in [2.75, 3.05) is 5.88 Å². The standard InChI is InChI=1S/C12H16ClN7/c1-9-11-12(18(2)16-9)20(10(15-11)3-4-13)8-7-19-6-5-14-17-19/h5-6H,3-4,7-8H2,1-2H3. The molecule has 0 unspecified atom stereocenters. The van der Waals surface area contributed by atoms with E-state index in [2.05, 4.69) is 25.0 Å². The lowest BCUT2D eigenvalue weighted by Crippen LogP contribution is -2.13. The summed E-state index contributed by atoms with van der Waals surface area (Å²) in [5, 5.41) is 12.2. The van der Waals surface area contributed by atoms with Crippen LogP contribution in [0.15, 0.2) is 12.4 Å². The summed E-state index contributed by atoms with van der Waals surface area (Å²) in [6, 6.07) is 0. The molecule has 0 saturated heterocycles. The van der Waals surface area contributed by atoms with Crippen LogP contribution in [-0.2, 0) is 26.6 Å². The normalized spacial score (nSPS) is 11.6. The first-order valence-electron chi connectivity index (χ1n) is 6.49. The summed E-state index contributed by atoms with van der Waals surface area (Å²) in [6.07, 6.45) is 4.27. The molecule has 0 fully saturated rings. The Morgan fingerprint density at radius 1 is 1.30 bits per heavy atom. The van der Waals surface area contributed by atoms with Crippen LogP contribution in [0.3, 0.4) is 0 Å². The van der Waals surface area contributed by atoms with Crippen molar-refractivity contribution >= 4 is 22.8 Å². The molecular formula is C12H16ClN7. The third kappa shape index (κ3) is 2.18. The van der Waals surface area contributed by atoms with Crippen molar-refractivity contribution in [1.29, 1.82) is 0 Å². The van der Waals surface area contributed by atoms with E-state index >= 15 is 0 Å². The molecule has 8 heteroatoms. The van der Waals surface area contributed by atoms with Crippen LogP contribution in [0.25, 0.3) is 11.2 Å². The van der Waals surface area contributed by atoms with Gasteiger partial charge in [-0.2, -0.15) is 5.10 Å². The lowest BCUT2D eigenvalue weighted by atomic mass is 10.4.